The van der Waals surface area contributed by atoms with Crippen molar-refractivity contribution in [2.75, 3.05) is 5.33 Å². The highest BCUT2D eigenvalue weighted by Gasteiger charge is 1.97. The lowest BCUT2D eigenvalue weighted by atomic mass is 10.4. The molecule has 0 saturated heterocycles. The summed E-state index contributed by atoms with van der Waals surface area (Å²) in [4.78, 5) is 18.6. The molecular formula is C7H8BrN3O. The zero-order valence-corrected chi connectivity index (χ0v) is 7.91. The standard InChI is InChI=1S/C7H8BrN3O/c8-3-7(12)11-5-6-4-9-1-2-10-6/h1-2,4H,3,5H2,(H,11,12). The summed E-state index contributed by atoms with van der Waals surface area (Å²) in [5.74, 6) is -0.0550. The molecule has 0 aliphatic rings. The molecule has 0 radical (unpaired) electrons. The molecule has 0 saturated carbocycles. The summed E-state index contributed by atoms with van der Waals surface area (Å²) in [5.41, 5.74) is 0.756. The van der Waals surface area contributed by atoms with E-state index in [1.165, 1.54) is 0 Å². The van der Waals surface area contributed by atoms with E-state index in [-0.39, 0.29) is 5.91 Å². The predicted octanol–water partition coefficient (Wildman–Crippen LogP) is 0.488. The van der Waals surface area contributed by atoms with Gasteiger partial charge in [0.1, 0.15) is 0 Å². The Labute approximate surface area is 78.5 Å². The van der Waals surface area contributed by atoms with Gasteiger partial charge in [0, 0.05) is 12.4 Å². The van der Waals surface area contributed by atoms with Crippen molar-refractivity contribution in [1.82, 2.24) is 15.3 Å². The molecule has 0 atom stereocenters. The molecule has 0 bridgehead atoms. The third kappa shape index (κ3) is 2.96. The van der Waals surface area contributed by atoms with Crippen LogP contribution in [0.4, 0.5) is 0 Å². The molecule has 0 aliphatic heterocycles. The number of alkyl halides is 1. The van der Waals surface area contributed by atoms with Crippen LogP contribution in [0.3, 0.4) is 0 Å². The lowest BCUT2D eigenvalue weighted by Gasteiger charge is -2.00. The number of nitrogens with zero attached hydrogens (tertiary/aromatic N) is 2. The van der Waals surface area contributed by atoms with Crippen molar-refractivity contribution in [2.45, 2.75) is 6.54 Å². The van der Waals surface area contributed by atoms with Crippen molar-refractivity contribution < 1.29 is 4.79 Å². The van der Waals surface area contributed by atoms with Gasteiger partial charge in [-0.1, -0.05) is 15.9 Å². The number of hydrogen-bond donors (Lipinski definition) is 1. The Morgan fingerprint density at radius 1 is 1.58 bits per heavy atom. The Balaban J connectivity index is 2.38. The fourth-order valence-corrected chi connectivity index (χ4v) is 0.856. The lowest BCUT2D eigenvalue weighted by molar-refractivity contribution is -0.118. The Kier molecular flexibility index (Phi) is 3.66. The number of halogens is 1. The van der Waals surface area contributed by atoms with E-state index in [2.05, 4.69) is 31.2 Å². The van der Waals surface area contributed by atoms with Gasteiger partial charge in [-0.05, 0) is 0 Å². The van der Waals surface area contributed by atoms with Gasteiger partial charge >= 0.3 is 0 Å². The third-order valence-corrected chi connectivity index (χ3v) is 1.71. The number of carbonyl (C=O) groups is 1. The molecule has 0 unspecified atom stereocenters. The second-order valence-corrected chi connectivity index (χ2v) is 2.67. The maximum Gasteiger partial charge on any atom is 0.230 e. The van der Waals surface area contributed by atoms with E-state index in [1.807, 2.05) is 0 Å². The molecule has 0 fully saturated rings. The average Bonchev–Trinajstić information content (AvgIpc) is 2.16. The summed E-state index contributed by atoms with van der Waals surface area (Å²) in [5, 5.41) is 2.97. The Bertz CT molecular complexity index is 252. The number of carbonyl (C=O) groups excluding carboxylic acids is 1. The van der Waals surface area contributed by atoms with Crippen LogP contribution in [-0.2, 0) is 11.3 Å². The Morgan fingerprint density at radius 2 is 2.42 bits per heavy atom. The summed E-state index contributed by atoms with van der Waals surface area (Å²) >= 11 is 3.04. The summed E-state index contributed by atoms with van der Waals surface area (Å²) in [6.07, 6.45) is 4.81. The van der Waals surface area contributed by atoms with Crippen molar-refractivity contribution in [3.63, 3.8) is 0 Å². The summed E-state index contributed by atoms with van der Waals surface area (Å²) in [6.45, 7) is 0.429. The zero-order chi connectivity index (χ0) is 8.81. The van der Waals surface area contributed by atoms with E-state index in [4.69, 9.17) is 0 Å². The molecule has 0 spiro atoms. The number of amides is 1. The van der Waals surface area contributed by atoms with Crippen molar-refractivity contribution >= 4 is 21.8 Å². The van der Waals surface area contributed by atoms with Gasteiger partial charge in [0.2, 0.25) is 5.91 Å². The summed E-state index contributed by atoms with van der Waals surface area (Å²) in [7, 11) is 0. The van der Waals surface area contributed by atoms with Gasteiger partial charge in [0.05, 0.1) is 23.8 Å². The molecule has 64 valence electrons. The van der Waals surface area contributed by atoms with Crippen LogP contribution >= 0.6 is 15.9 Å². The second-order valence-electron chi connectivity index (χ2n) is 2.11. The van der Waals surface area contributed by atoms with E-state index < -0.39 is 0 Å². The van der Waals surface area contributed by atoms with Crippen molar-refractivity contribution in [1.29, 1.82) is 0 Å². The molecule has 0 aromatic carbocycles. The minimum Gasteiger partial charge on any atom is -0.350 e. The van der Waals surface area contributed by atoms with Crippen LogP contribution in [0.2, 0.25) is 0 Å². The van der Waals surface area contributed by atoms with Crippen LogP contribution in [0.25, 0.3) is 0 Å². The minimum atomic E-state index is -0.0550. The third-order valence-electron chi connectivity index (χ3n) is 1.20. The van der Waals surface area contributed by atoms with Crippen molar-refractivity contribution in [3.8, 4) is 0 Å². The van der Waals surface area contributed by atoms with E-state index in [1.54, 1.807) is 18.6 Å². The highest BCUT2D eigenvalue weighted by atomic mass is 79.9. The molecule has 1 heterocycles. The minimum absolute atomic E-state index is 0.0550. The van der Waals surface area contributed by atoms with Gasteiger partial charge < -0.3 is 5.32 Å². The second kappa shape index (κ2) is 4.82. The molecule has 12 heavy (non-hydrogen) atoms. The van der Waals surface area contributed by atoms with Crippen LogP contribution in [0, 0.1) is 0 Å². The summed E-state index contributed by atoms with van der Waals surface area (Å²) in [6, 6.07) is 0. The van der Waals surface area contributed by atoms with Gasteiger partial charge in [-0.2, -0.15) is 0 Å². The SMILES string of the molecule is O=C(CBr)NCc1cnccn1. The maximum absolute atomic E-state index is 10.8. The molecular weight excluding hydrogens is 222 g/mol. The number of nitrogens with one attached hydrogen (secondary N) is 1. The van der Waals surface area contributed by atoms with E-state index in [0.29, 0.717) is 11.9 Å². The molecule has 1 aromatic rings. The first-order chi connectivity index (χ1) is 5.83. The molecule has 5 heteroatoms. The van der Waals surface area contributed by atoms with E-state index in [9.17, 15) is 4.79 Å². The van der Waals surface area contributed by atoms with Crippen molar-refractivity contribution in [3.05, 3.63) is 24.3 Å². The number of aromatic nitrogens is 2. The first kappa shape index (κ1) is 9.12. The molecule has 1 aromatic heterocycles. The van der Waals surface area contributed by atoms with Crippen LogP contribution in [0.15, 0.2) is 18.6 Å². The molecule has 1 rings (SSSR count). The Hall–Kier alpha value is -0.970. The number of hydrogen-bond acceptors (Lipinski definition) is 3. The van der Waals surface area contributed by atoms with Crippen LogP contribution < -0.4 is 5.32 Å². The smallest absolute Gasteiger partial charge is 0.230 e. The summed E-state index contributed by atoms with van der Waals surface area (Å²) < 4.78 is 0. The van der Waals surface area contributed by atoms with E-state index >= 15 is 0 Å². The Morgan fingerprint density at radius 3 is 3.00 bits per heavy atom. The molecule has 1 N–H and O–H groups in total. The molecule has 0 aliphatic carbocycles. The fourth-order valence-electron chi connectivity index (χ4n) is 0.658. The topological polar surface area (TPSA) is 54.9 Å². The zero-order valence-electron chi connectivity index (χ0n) is 6.33. The van der Waals surface area contributed by atoms with Crippen LogP contribution in [-0.4, -0.2) is 21.2 Å². The van der Waals surface area contributed by atoms with Crippen LogP contribution in [0.1, 0.15) is 5.69 Å². The van der Waals surface area contributed by atoms with Crippen LogP contribution in [0.5, 0.6) is 0 Å². The first-order valence-electron chi connectivity index (χ1n) is 3.40. The fraction of sp³-hybridized carbons (Fsp3) is 0.286. The van der Waals surface area contributed by atoms with E-state index in [0.717, 1.165) is 5.69 Å². The predicted molar refractivity (Wildman–Crippen MR) is 47.7 cm³/mol. The largest absolute Gasteiger partial charge is 0.350 e. The molecule has 1 amide bonds. The highest BCUT2D eigenvalue weighted by molar-refractivity contribution is 9.09. The van der Waals surface area contributed by atoms with Gasteiger partial charge in [-0.3, -0.25) is 14.8 Å². The first-order valence-corrected chi connectivity index (χ1v) is 4.52. The number of rotatable bonds is 3. The quantitative estimate of drug-likeness (QED) is 0.768. The molecule has 4 nitrogen and oxygen atoms in total. The maximum atomic E-state index is 10.8. The van der Waals surface area contributed by atoms with Crippen molar-refractivity contribution in [2.24, 2.45) is 0 Å². The van der Waals surface area contributed by atoms with Gasteiger partial charge in [0.15, 0.2) is 0 Å². The monoisotopic (exact) mass is 229 g/mol. The van der Waals surface area contributed by atoms with Gasteiger partial charge in [-0.25, -0.2) is 0 Å². The van der Waals surface area contributed by atoms with Gasteiger partial charge in [-0.15, -0.1) is 0 Å². The average molecular weight is 230 g/mol. The highest BCUT2D eigenvalue weighted by Crippen LogP contribution is 1.89. The lowest BCUT2D eigenvalue weighted by Crippen LogP contribution is -2.23. The normalized spacial score (nSPS) is 9.42. The van der Waals surface area contributed by atoms with Gasteiger partial charge in [0.25, 0.3) is 0 Å².